The molecule has 2 heterocycles. The number of nitrogens with one attached hydrogen (secondary N) is 1. The predicted octanol–water partition coefficient (Wildman–Crippen LogP) is 1.54. The summed E-state index contributed by atoms with van der Waals surface area (Å²) in [6.45, 7) is 1.78. The summed E-state index contributed by atoms with van der Waals surface area (Å²) in [7, 11) is 0. The SMILES string of the molecule is Cc1c(O)cccc1-c1nc(-c2ncn[nH]2)no1. The quantitative estimate of drug-likeness (QED) is 0.707. The maximum atomic E-state index is 9.63. The number of hydrogen-bond acceptors (Lipinski definition) is 6. The van der Waals surface area contributed by atoms with Crippen LogP contribution in [0.4, 0.5) is 0 Å². The average Bonchev–Trinajstić information content (AvgIpc) is 3.01. The van der Waals surface area contributed by atoms with Crippen LogP contribution >= 0.6 is 0 Å². The Morgan fingerprint density at radius 1 is 1.33 bits per heavy atom. The van der Waals surface area contributed by atoms with Crippen molar-refractivity contribution in [2.45, 2.75) is 6.92 Å². The van der Waals surface area contributed by atoms with Gasteiger partial charge in [0.05, 0.1) is 0 Å². The maximum Gasteiger partial charge on any atom is 0.258 e. The third-order valence-electron chi connectivity index (χ3n) is 2.59. The number of aromatic nitrogens is 5. The molecule has 3 rings (SSSR count). The minimum atomic E-state index is 0.187. The van der Waals surface area contributed by atoms with Crippen molar-refractivity contribution in [3.05, 3.63) is 30.1 Å². The molecule has 0 spiro atoms. The number of phenols is 1. The molecule has 18 heavy (non-hydrogen) atoms. The molecule has 7 heteroatoms. The zero-order valence-electron chi connectivity index (χ0n) is 9.45. The molecule has 3 aromatic rings. The van der Waals surface area contributed by atoms with E-state index in [9.17, 15) is 5.11 Å². The van der Waals surface area contributed by atoms with Crippen LogP contribution in [0.1, 0.15) is 5.56 Å². The Balaban J connectivity index is 2.06. The van der Waals surface area contributed by atoms with E-state index < -0.39 is 0 Å². The highest BCUT2D eigenvalue weighted by Crippen LogP contribution is 2.28. The first-order valence-electron chi connectivity index (χ1n) is 5.24. The van der Waals surface area contributed by atoms with Gasteiger partial charge in [-0.05, 0) is 19.1 Å². The number of aromatic amines is 1. The van der Waals surface area contributed by atoms with Crippen LogP contribution in [-0.4, -0.2) is 30.4 Å². The van der Waals surface area contributed by atoms with Crippen LogP contribution in [0.5, 0.6) is 5.75 Å². The Morgan fingerprint density at radius 2 is 2.22 bits per heavy atom. The Morgan fingerprint density at radius 3 is 3.00 bits per heavy atom. The molecule has 0 aliphatic rings. The van der Waals surface area contributed by atoms with Gasteiger partial charge in [-0.1, -0.05) is 11.2 Å². The second kappa shape index (κ2) is 3.95. The zero-order chi connectivity index (χ0) is 12.5. The van der Waals surface area contributed by atoms with E-state index in [1.54, 1.807) is 25.1 Å². The van der Waals surface area contributed by atoms with Gasteiger partial charge in [-0.3, -0.25) is 5.10 Å². The Hall–Kier alpha value is -2.70. The number of nitrogens with zero attached hydrogens (tertiary/aromatic N) is 4. The molecule has 0 aliphatic carbocycles. The predicted molar refractivity (Wildman–Crippen MR) is 61.5 cm³/mol. The monoisotopic (exact) mass is 243 g/mol. The Labute approximate surface area is 102 Å². The fourth-order valence-corrected chi connectivity index (χ4v) is 1.60. The number of H-pyrrole nitrogens is 1. The van der Waals surface area contributed by atoms with E-state index in [0.717, 1.165) is 0 Å². The summed E-state index contributed by atoms with van der Waals surface area (Å²) in [6.07, 6.45) is 1.37. The minimum absolute atomic E-state index is 0.187. The van der Waals surface area contributed by atoms with E-state index in [1.165, 1.54) is 6.33 Å². The lowest BCUT2D eigenvalue weighted by molar-refractivity contribution is 0.430. The molecule has 0 radical (unpaired) electrons. The lowest BCUT2D eigenvalue weighted by Gasteiger charge is -2.01. The zero-order valence-corrected chi connectivity index (χ0v) is 9.45. The summed E-state index contributed by atoms with van der Waals surface area (Å²) < 4.78 is 5.15. The molecular formula is C11H9N5O2. The molecule has 2 aromatic heterocycles. The smallest absolute Gasteiger partial charge is 0.258 e. The van der Waals surface area contributed by atoms with Crippen molar-refractivity contribution in [1.82, 2.24) is 25.3 Å². The molecule has 7 nitrogen and oxygen atoms in total. The number of benzene rings is 1. The Kier molecular flexibility index (Phi) is 2.30. The number of hydrogen-bond donors (Lipinski definition) is 2. The van der Waals surface area contributed by atoms with Crippen molar-refractivity contribution in [2.75, 3.05) is 0 Å². The van der Waals surface area contributed by atoms with Crippen molar-refractivity contribution in [3.8, 4) is 28.9 Å². The molecule has 90 valence electrons. The van der Waals surface area contributed by atoms with Gasteiger partial charge in [0.2, 0.25) is 5.82 Å². The standard InChI is InChI=1S/C11H9N5O2/c1-6-7(3-2-4-8(6)17)11-14-10(16-18-11)9-12-5-13-15-9/h2-5,17H,1H3,(H,12,13,15). The van der Waals surface area contributed by atoms with E-state index >= 15 is 0 Å². The summed E-state index contributed by atoms with van der Waals surface area (Å²) in [4.78, 5) is 8.13. The van der Waals surface area contributed by atoms with Crippen LogP contribution in [0.2, 0.25) is 0 Å². The van der Waals surface area contributed by atoms with Gasteiger partial charge in [-0.2, -0.15) is 10.1 Å². The highest BCUT2D eigenvalue weighted by Gasteiger charge is 2.15. The maximum absolute atomic E-state index is 9.63. The summed E-state index contributed by atoms with van der Waals surface area (Å²) in [5.41, 5.74) is 1.37. The fourth-order valence-electron chi connectivity index (χ4n) is 1.60. The van der Waals surface area contributed by atoms with Gasteiger partial charge in [-0.15, -0.1) is 0 Å². The van der Waals surface area contributed by atoms with Gasteiger partial charge in [0.15, 0.2) is 5.82 Å². The van der Waals surface area contributed by atoms with E-state index in [0.29, 0.717) is 28.7 Å². The molecule has 0 aliphatic heterocycles. The third-order valence-corrected chi connectivity index (χ3v) is 2.59. The van der Waals surface area contributed by atoms with Crippen LogP contribution in [-0.2, 0) is 0 Å². The summed E-state index contributed by atoms with van der Waals surface area (Å²) in [5, 5.41) is 19.8. The van der Waals surface area contributed by atoms with Crippen molar-refractivity contribution in [2.24, 2.45) is 0 Å². The fraction of sp³-hybridized carbons (Fsp3) is 0.0909. The molecule has 0 saturated carbocycles. The molecule has 0 fully saturated rings. The first-order chi connectivity index (χ1) is 8.75. The van der Waals surface area contributed by atoms with E-state index in [1.807, 2.05) is 0 Å². The molecule has 0 atom stereocenters. The van der Waals surface area contributed by atoms with Crippen molar-refractivity contribution < 1.29 is 9.63 Å². The highest BCUT2D eigenvalue weighted by atomic mass is 16.5. The first kappa shape index (κ1) is 10.5. The highest BCUT2D eigenvalue weighted by molar-refractivity contribution is 5.63. The van der Waals surface area contributed by atoms with Gasteiger partial charge >= 0.3 is 0 Å². The van der Waals surface area contributed by atoms with Gasteiger partial charge in [0.25, 0.3) is 5.89 Å². The minimum Gasteiger partial charge on any atom is -0.508 e. The van der Waals surface area contributed by atoms with Crippen molar-refractivity contribution in [1.29, 1.82) is 0 Å². The summed E-state index contributed by atoms with van der Waals surface area (Å²) in [6, 6.07) is 5.12. The van der Waals surface area contributed by atoms with Gasteiger partial charge in [0, 0.05) is 11.1 Å². The molecule has 0 saturated heterocycles. The van der Waals surface area contributed by atoms with E-state index in [-0.39, 0.29) is 5.75 Å². The van der Waals surface area contributed by atoms with Crippen LogP contribution in [0, 0.1) is 6.92 Å². The van der Waals surface area contributed by atoms with Crippen LogP contribution < -0.4 is 0 Å². The molecular weight excluding hydrogens is 234 g/mol. The molecule has 0 unspecified atom stereocenters. The normalized spacial score (nSPS) is 10.7. The second-order valence-electron chi connectivity index (χ2n) is 3.71. The number of rotatable bonds is 2. The van der Waals surface area contributed by atoms with E-state index in [4.69, 9.17) is 4.52 Å². The Bertz CT molecular complexity index is 675. The largest absolute Gasteiger partial charge is 0.508 e. The van der Waals surface area contributed by atoms with Gasteiger partial charge < -0.3 is 9.63 Å². The molecule has 2 N–H and O–H groups in total. The van der Waals surface area contributed by atoms with Crippen molar-refractivity contribution in [3.63, 3.8) is 0 Å². The van der Waals surface area contributed by atoms with Crippen LogP contribution in [0.15, 0.2) is 29.0 Å². The topological polar surface area (TPSA) is 101 Å². The van der Waals surface area contributed by atoms with Gasteiger partial charge in [0.1, 0.15) is 12.1 Å². The first-order valence-corrected chi connectivity index (χ1v) is 5.24. The van der Waals surface area contributed by atoms with Crippen LogP contribution in [0.25, 0.3) is 23.1 Å². The molecule has 1 aromatic carbocycles. The molecule has 0 amide bonds. The lowest BCUT2D eigenvalue weighted by Crippen LogP contribution is -1.85. The van der Waals surface area contributed by atoms with E-state index in [2.05, 4.69) is 25.3 Å². The lowest BCUT2D eigenvalue weighted by atomic mass is 10.1. The molecule has 0 bridgehead atoms. The van der Waals surface area contributed by atoms with Crippen molar-refractivity contribution >= 4 is 0 Å². The summed E-state index contributed by atoms with van der Waals surface area (Å²) >= 11 is 0. The van der Waals surface area contributed by atoms with Crippen LogP contribution in [0.3, 0.4) is 0 Å². The number of phenolic OH excluding ortho intramolecular Hbond substituents is 1. The summed E-state index contributed by atoms with van der Waals surface area (Å²) in [5.74, 6) is 1.27. The van der Waals surface area contributed by atoms with Gasteiger partial charge in [-0.25, -0.2) is 4.98 Å². The number of aromatic hydroxyl groups is 1. The second-order valence-corrected chi connectivity index (χ2v) is 3.71. The third kappa shape index (κ3) is 1.61. The average molecular weight is 243 g/mol.